The van der Waals surface area contributed by atoms with Gasteiger partial charge in [-0.25, -0.2) is 9.97 Å². The second kappa shape index (κ2) is 3.98. The summed E-state index contributed by atoms with van der Waals surface area (Å²) in [6.07, 6.45) is 14.0. The molecule has 1 aliphatic carbocycles. The van der Waals surface area contributed by atoms with Gasteiger partial charge in [-0.2, -0.15) is 0 Å². The Morgan fingerprint density at radius 1 is 1.19 bits per heavy atom. The van der Waals surface area contributed by atoms with Crippen LogP contribution < -0.4 is 5.32 Å². The van der Waals surface area contributed by atoms with E-state index in [1.807, 2.05) is 12.4 Å². The highest BCUT2D eigenvalue weighted by Gasteiger charge is 2.34. The molecule has 3 rings (SSSR count). The zero-order chi connectivity index (χ0) is 10.8. The van der Waals surface area contributed by atoms with Gasteiger partial charge in [0.1, 0.15) is 6.33 Å². The van der Waals surface area contributed by atoms with Crippen molar-refractivity contribution in [3.05, 3.63) is 30.4 Å². The lowest BCUT2D eigenvalue weighted by Crippen LogP contribution is -2.40. The second-order valence-electron chi connectivity index (χ2n) is 4.87. The van der Waals surface area contributed by atoms with Crippen molar-refractivity contribution in [2.24, 2.45) is 0 Å². The minimum absolute atomic E-state index is 0.416. The molecule has 1 N–H and O–H groups in total. The van der Waals surface area contributed by atoms with E-state index >= 15 is 0 Å². The topological polar surface area (TPSA) is 37.8 Å². The maximum Gasteiger partial charge on any atom is 0.115 e. The molecule has 1 aromatic rings. The second-order valence-corrected chi connectivity index (χ2v) is 4.87. The van der Waals surface area contributed by atoms with Gasteiger partial charge < -0.3 is 5.32 Å². The van der Waals surface area contributed by atoms with E-state index in [1.54, 1.807) is 6.33 Å². The van der Waals surface area contributed by atoms with E-state index in [2.05, 4.69) is 21.4 Å². The Labute approximate surface area is 96.0 Å². The van der Waals surface area contributed by atoms with Crippen LogP contribution in [0.5, 0.6) is 0 Å². The standard InChI is InChI=1S/C13H17N3/c1-4-13(16-7-1)5-2-11(3-6-13)12-8-14-10-15-9-12/h2,8-10,16H,1,3-7H2. The Balaban J connectivity index is 1.79. The molecule has 16 heavy (non-hydrogen) atoms. The Morgan fingerprint density at radius 3 is 2.69 bits per heavy atom. The quantitative estimate of drug-likeness (QED) is 0.780. The van der Waals surface area contributed by atoms with Gasteiger partial charge in [-0.15, -0.1) is 0 Å². The monoisotopic (exact) mass is 215 g/mol. The smallest absolute Gasteiger partial charge is 0.115 e. The van der Waals surface area contributed by atoms with Crippen LogP contribution in [0.3, 0.4) is 0 Å². The van der Waals surface area contributed by atoms with Crippen LogP contribution in [0.15, 0.2) is 24.8 Å². The van der Waals surface area contributed by atoms with Crippen LogP contribution in [0.25, 0.3) is 5.57 Å². The SMILES string of the molecule is C1=C(c2cncnc2)CCC2(C1)CCCN2. The molecule has 1 spiro atoms. The van der Waals surface area contributed by atoms with Gasteiger partial charge in [0.2, 0.25) is 0 Å². The molecule has 0 radical (unpaired) electrons. The summed E-state index contributed by atoms with van der Waals surface area (Å²) in [5.41, 5.74) is 3.02. The van der Waals surface area contributed by atoms with Gasteiger partial charge in [-0.05, 0) is 44.2 Å². The summed E-state index contributed by atoms with van der Waals surface area (Å²) in [7, 11) is 0. The zero-order valence-corrected chi connectivity index (χ0v) is 9.45. The van der Waals surface area contributed by atoms with Crippen molar-refractivity contribution in [2.75, 3.05) is 6.54 Å². The fourth-order valence-corrected chi connectivity index (χ4v) is 2.88. The summed E-state index contributed by atoms with van der Waals surface area (Å²) < 4.78 is 0. The molecule has 1 fully saturated rings. The molecular weight excluding hydrogens is 198 g/mol. The van der Waals surface area contributed by atoms with Gasteiger partial charge in [-0.3, -0.25) is 0 Å². The molecule has 84 valence electrons. The maximum atomic E-state index is 4.08. The first-order valence-corrected chi connectivity index (χ1v) is 6.07. The lowest BCUT2D eigenvalue weighted by Gasteiger charge is -2.32. The number of nitrogens with one attached hydrogen (secondary N) is 1. The molecule has 0 amide bonds. The molecule has 3 heteroatoms. The first-order chi connectivity index (χ1) is 7.88. The molecule has 1 aromatic heterocycles. The molecule has 2 heterocycles. The summed E-state index contributed by atoms with van der Waals surface area (Å²) in [6.45, 7) is 1.19. The summed E-state index contributed by atoms with van der Waals surface area (Å²) in [6, 6.07) is 0. The van der Waals surface area contributed by atoms with Crippen LogP contribution in [0.4, 0.5) is 0 Å². The average molecular weight is 215 g/mol. The molecule has 1 aliphatic heterocycles. The number of aromatic nitrogens is 2. The number of rotatable bonds is 1. The Morgan fingerprint density at radius 2 is 2.06 bits per heavy atom. The third-order valence-corrected chi connectivity index (χ3v) is 3.88. The Bertz CT molecular complexity index is 391. The molecule has 0 aromatic carbocycles. The minimum Gasteiger partial charge on any atom is -0.311 e. The zero-order valence-electron chi connectivity index (χ0n) is 9.45. The van der Waals surface area contributed by atoms with Crippen LogP contribution in [-0.2, 0) is 0 Å². The maximum absolute atomic E-state index is 4.08. The van der Waals surface area contributed by atoms with Crippen LogP contribution in [0.2, 0.25) is 0 Å². The molecule has 1 atom stereocenters. The van der Waals surface area contributed by atoms with Crippen molar-refractivity contribution >= 4 is 5.57 Å². The first-order valence-electron chi connectivity index (χ1n) is 6.07. The molecular formula is C13H17N3. The summed E-state index contributed by atoms with van der Waals surface area (Å²) >= 11 is 0. The first kappa shape index (κ1) is 9.97. The van der Waals surface area contributed by atoms with Crippen molar-refractivity contribution in [1.82, 2.24) is 15.3 Å². The molecule has 0 bridgehead atoms. The predicted octanol–water partition coefficient (Wildman–Crippen LogP) is 2.17. The minimum atomic E-state index is 0.416. The summed E-state index contributed by atoms with van der Waals surface area (Å²) in [4.78, 5) is 8.16. The lowest BCUT2D eigenvalue weighted by atomic mass is 9.80. The van der Waals surface area contributed by atoms with Gasteiger partial charge in [-0.1, -0.05) is 6.08 Å². The molecule has 3 nitrogen and oxygen atoms in total. The Kier molecular flexibility index (Phi) is 2.48. The van der Waals surface area contributed by atoms with Crippen LogP contribution in [-0.4, -0.2) is 22.1 Å². The lowest BCUT2D eigenvalue weighted by molar-refractivity contribution is 0.347. The van der Waals surface area contributed by atoms with Crippen LogP contribution in [0.1, 0.15) is 37.7 Å². The average Bonchev–Trinajstić information content (AvgIpc) is 2.80. The van der Waals surface area contributed by atoms with E-state index in [-0.39, 0.29) is 0 Å². The largest absolute Gasteiger partial charge is 0.311 e. The van der Waals surface area contributed by atoms with Crippen molar-refractivity contribution in [3.63, 3.8) is 0 Å². The number of allylic oxidation sites excluding steroid dienone is 1. The molecule has 1 unspecified atom stereocenters. The van der Waals surface area contributed by atoms with Gasteiger partial charge in [0.25, 0.3) is 0 Å². The fraction of sp³-hybridized carbons (Fsp3) is 0.538. The third kappa shape index (κ3) is 1.76. The van der Waals surface area contributed by atoms with E-state index in [1.165, 1.54) is 36.9 Å². The van der Waals surface area contributed by atoms with Crippen molar-refractivity contribution in [2.45, 2.75) is 37.6 Å². The summed E-state index contributed by atoms with van der Waals surface area (Å²) in [5, 5.41) is 3.67. The molecule has 2 aliphatic rings. The normalized spacial score (nSPS) is 29.4. The van der Waals surface area contributed by atoms with Crippen molar-refractivity contribution in [3.8, 4) is 0 Å². The molecule has 0 saturated carbocycles. The van der Waals surface area contributed by atoms with E-state index in [0.717, 1.165) is 12.8 Å². The number of hydrogen-bond donors (Lipinski definition) is 1. The van der Waals surface area contributed by atoms with Gasteiger partial charge in [0.15, 0.2) is 0 Å². The van der Waals surface area contributed by atoms with Crippen LogP contribution >= 0.6 is 0 Å². The van der Waals surface area contributed by atoms with Gasteiger partial charge in [0.05, 0.1) is 0 Å². The number of nitrogens with zero attached hydrogens (tertiary/aromatic N) is 2. The van der Waals surface area contributed by atoms with E-state index in [9.17, 15) is 0 Å². The Hall–Kier alpha value is -1.22. The van der Waals surface area contributed by atoms with Crippen molar-refractivity contribution < 1.29 is 0 Å². The van der Waals surface area contributed by atoms with Gasteiger partial charge >= 0.3 is 0 Å². The van der Waals surface area contributed by atoms with E-state index in [4.69, 9.17) is 0 Å². The van der Waals surface area contributed by atoms with Crippen LogP contribution in [0, 0.1) is 0 Å². The highest BCUT2D eigenvalue weighted by molar-refractivity contribution is 5.65. The fourth-order valence-electron chi connectivity index (χ4n) is 2.88. The third-order valence-electron chi connectivity index (χ3n) is 3.88. The van der Waals surface area contributed by atoms with Crippen molar-refractivity contribution in [1.29, 1.82) is 0 Å². The predicted molar refractivity (Wildman–Crippen MR) is 63.8 cm³/mol. The van der Waals surface area contributed by atoms with E-state index in [0.29, 0.717) is 5.54 Å². The van der Waals surface area contributed by atoms with E-state index < -0.39 is 0 Å². The highest BCUT2D eigenvalue weighted by atomic mass is 15.0. The number of hydrogen-bond acceptors (Lipinski definition) is 3. The highest BCUT2D eigenvalue weighted by Crippen LogP contribution is 2.37. The summed E-state index contributed by atoms with van der Waals surface area (Å²) in [5.74, 6) is 0. The van der Waals surface area contributed by atoms with Gasteiger partial charge in [0, 0.05) is 23.5 Å². The molecule has 1 saturated heterocycles.